The highest BCUT2D eigenvalue weighted by Gasteiger charge is 2.30. The van der Waals surface area contributed by atoms with E-state index < -0.39 is 22.6 Å². The summed E-state index contributed by atoms with van der Waals surface area (Å²) in [6.07, 6.45) is 1.90. The number of nitrogens with zero attached hydrogens (tertiary/aromatic N) is 3. The summed E-state index contributed by atoms with van der Waals surface area (Å²) in [6, 6.07) is 8.12. The first-order valence-corrected chi connectivity index (χ1v) is 9.82. The topological polar surface area (TPSA) is 155 Å². The van der Waals surface area contributed by atoms with Gasteiger partial charge in [0.2, 0.25) is 5.91 Å². The van der Waals surface area contributed by atoms with Crippen LogP contribution < -0.4 is 10.6 Å². The second kappa shape index (κ2) is 10.2. The van der Waals surface area contributed by atoms with Gasteiger partial charge in [0.05, 0.1) is 17.7 Å². The quantitative estimate of drug-likeness (QED) is 0.450. The number of carbonyl (C=O) groups is 4. The minimum atomic E-state index is -0.564. The van der Waals surface area contributed by atoms with E-state index in [1.807, 2.05) is 0 Å². The number of hydrazine groups is 1. The minimum Gasteiger partial charge on any atom is -0.459 e. The number of nitrogens with one attached hydrogen (secondary N) is 2. The van der Waals surface area contributed by atoms with Crippen LogP contribution in [0.3, 0.4) is 0 Å². The lowest BCUT2D eigenvalue weighted by atomic mass is 10.2. The Bertz CT molecular complexity index is 1000. The molecule has 0 radical (unpaired) electrons. The lowest BCUT2D eigenvalue weighted by molar-refractivity contribution is -0.384. The van der Waals surface area contributed by atoms with Crippen molar-refractivity contribution in [1.82, 2.24) is 20.7 Å². The molecular formula is C20H21N5O7. The van der Waals surface area contributed by atoms with E-state index in [1.165, 1.54) is 46.6 Å². The molecule has 1 aromatic carbocycles. The zero-order valence-corrected chi connectivity index (χ0v) is 17.0. The van der Waals surface area contributed by atoms with Gasteiger partial charge in [-0.2, -0.15) is 0 Å². The monoisotopic (exact) mass is 443 g/mol. The Morgan fingerprint density at radius 3 is 2.28 bits per heavy atom. The highest BCUT2D eigenvalue weighted by atomic mass is 16.6. The lowest BCUT2D eigenvalue weighted by Gasteiger charge is -2.28. The molecule has 0 atom stereocenters. The third kappa shape index (κ3) is 5.47. The van der Waals surface area contributed by atoms with Gasteiger partial charge in [0, 0.05) is 43.8 Å². The first kappa shape index (κ1) is 22.5. The molecular weight excluding hydrogens is 422 g/mol. The normalized spacial score (nSPS) is 13.0. The number of benzene rings is 1. The van der Waals surface area contributed by atoms with Crippen LogP contribution in [0.15, 0.2) is 47.1 Å². The molecule has 1 fully saturated rings. The Morgan fingerprint density at radius 1 is 0.969 bits per heavy atom. The fourth-order valence-corrected chi connectivity index (χ4v) is 3.12. The van der Waals surface area contributed by atoms with E-state index in [9.17, 15) is 29.3 Å². The van der Waals surface area contributed by atoms with Crippen LogP contribution in [-0.4, -0.2) is 64.7 Å². The van der Waals surface area contributed by atoms with E-state index in [0.29, 0.717) is 19.5 Å². The van der Waals surface area contributed by atoms with Crippen LogP contribution in [0.2, 0.25) is 0 Å². The molecule has 2 aromatic rings. The van der Waals surface area contributed by atoms with Crippen LogP contribution >= 0.6 is 0 Å². The van der Waals surface area contributed by atoms with Crippen molar-refractivity contribution in [3.05, 3.63) is 64.1 Å². The molecule has 0 unspecified atom stereocenters. The maximum Gasteiger partial charge on any atom is 0.287 e. The average Bonchev–Trinajstić information content (AvgIpc) is 3.49. The highest BCUT2D eigenvalue weighted by molar-refractivity contribution is 5.95. The van der Waals surface area contributed by atoms with Crippen LogP contribution in [0.5, 0.6) is 0 Å². The van der Waals surface area contributed by atoms with Gasteiger partial charge in [-0.3, -0.25) is 34.3 Å². The van der Waals surface area contributed by atoms with Gasteiger partial charge in [-0.25, -0.2) is 5.01 Å². The molecule has 12 heteroatoms. The van der Waals surface area contributed by atoms with Gasteiger partial charge in [-0.15, -0.1) is 0 Å². The predicted molar refractivity (Wildman–Crippen MR) is 109 cm³/mol. The maximum atomic E-state index is 12.5. The number of furan rings is 1. The summed E-state index contributed by atoms with van der Waals surface area (Å²) in [5.41, 5.74) is 0.101. The Hall–Kier alpha value is -4.22. The van der Waals surface area contributed by atoms with Crippen LogP contribution in [0.1, 0.15) is 33.8 Å². The van der Waals surface area contributed by atoms with E-state index in [2.05, 4.69) is 10.6 Å². The first-order chi connectivity index (χ1) is 15.4. The van der Waals surface area contributed by atoms with Gasteiger partial charge >= 0.3 is 0 Å². The third-order valence-corrected chi connectivity index (χ3v) is 4.72. The van der Waals surface area contributed by atoms with E-state index in [4.69, 9.17) is 4.42 Å². The van der Waals surface area contributed by atoms with Crippen molar-refractivity contribution < 1.29 is 28.5 Å². The van der Waals surface area contributed by atoms with Gasteiger partial charge in [0.25, 0.3) is 23.4 Å². The molecule has 32 heavy (non-hydrogen) atoms. The van der Waals surface area contributed by atoms with E-state index >= 15 is 0 Å². The average molecular weight is 443 g/mol. The van der Waals surface area contributed by atoms with Crippen LogP contribution in [0.25, 0.3) is 0 Å². The number of carbonyl (C=O) groups excluding carboxylic acids is 4. The van der Waals surface area contributed by atoms with Crippen LogP contribution in [-0.2, 0) is 9.59 Å². The largest absolute Gasteiger partial charge is 0.459 e. The summed E-state index contributed by atoms with van der Waals surface area (Å²) in [5.74, 6) is -1.71. The Labute approximate surface area is 182 Å². The summed E-state index contributed by atoms with van der Waals surface area (Å²) in [6.45, 7) is 0.436. The Kier molecular flexibility index (Phi) is 7.16. The van der Waals surface area contributed by atoms with Crippen molar-refractivity contribution in [3.63, 3.8) is 0 Å². The fraction of sp³-hybridized carbons (Fsp3) is 0.300. The summed E-state index contributed by atoms with van der Waals surface area (Å²) >= 11 is 0. The van der Waals surface area contributed by atoms with Gasteiger partial charge in [0.15, 0.2) is 5.76 Å². The molecule has 0 saturated carbocycles. The molecule has 0 spiro atoms. The highest BCUT2D eigenvalue weighted by Crippen LogP contribution is 2.13. The molecule has 2 heterocycles. The zero-order chi connectivity index (χ0) is 23.1. The van der Waals surface area contributed by atoms with Crippen LogP contribution in [0, 0.1) is 10.1 Å². The van der Waals surface area contributed by atoms with Crippen molar-refractivity contribution in [2.24, 2.45) is 0 Å². The number of rotatable bonds is 8. The van der Waals surface area contributed by atoms with E-state index in [0.717, 1.165) is 0 Å². The van der Waals surface area contributed by atoms with Crippen molar-refractivity contribution in [2.75, 3.05) is 26.2 Å². The SMILES string of the molecule is O=C(NCCC(=O)N1CCCN1C(=O)CNC(=O)c1ccco1)c1ccc([N+](=O)[O-])cc1. The number of amides is 4. The molecule has 4 amide bonds. The standard InChI is InChI=1S/C20H21N5O7/c26-17(8-9-21-19(28)14-4-6-15(7-5-14)25(30)31)23-10-2-11-24(23)18(27)13-22-20(29)16-3-1-12-32-16/h1,3-7,12H,2,8-11,13H2,(H,21,28)(H,22,29). The molecule has 0 bridgehead atoms. The molecule has 3 rings (SSSR count). The molecule has 0 aliphatic carbocycles. The van der Waals surface area contributed by atoms with E-state index in [-0.39, 0.29) is 42.4 Å². The van der Waals surface area contributed by atoms with Gasteiger partial charge < -0.3 is 15.1 Å². The number of non-ortho nitro benzene ring substituents is 1. The van der Waals surface area contributed by atoms with Gasteiger partial charge in [-0.05, 0) is 30.7 Å². The van der Waals surface area contributed by atoms with Crippen molar-refractivity contribution >= 4 is 29.3 Å². The molecule has 12 nitrogen and oxygen atoms in total. The fourth-order valence-electron chi connectivity index (χ4n) is 3.12. The number of nitro benzene ring substituents is 1. The summed E-state index contributed by atoms with van der Waals surface area (Å²) in [7, 11) is 0. The lowest BCUT2D eigenvalue weighted by Crippen LogP contribution is -2.49. The summed E-state index contributed by atoms with van der Waals surface area (Å²) < 4.78 is 4.96. The molecule has 168 valence electrons. The summed E-state index contributed by atoms with van der Waals surface area (Å²) in [5, 5.41) is 18.3. The summed E-state index contributed by atoms with van der Waals surface area (Å²) in [4.78, 5) is 59.1. The van der Waals surface area contributed by atoms with Crippen molar-refractivity contribution in [1.29, 1.82) is 0 Å². The molecule has 1 aromatic heterocycles. The van der Waals surface area contributed by atoms with Crippen LogP contribution in [0.4, 0.5) is 5.69 Å². The minimum absolute atomic E-state index is 0.0302. The van der Waals surface area contributed by atoms with Crippen molar-refractivity contribution in [3.8, 4) is 0 Å². The second-order valence-electron chi connectivity index (χ2n) is 6.86. The number of hydrogen-bond acceptors (Lipinski definition) is 7. The number of hydrogen-bond donors (Lipinski definition) is 2. The third-order valence-electron chi connectivity index (χ3n) is 4.72. The van der Waals surface area contributed by atoms with Gasteiger partial charge in [0.1, 0.15) is 0 Å². The molecule has 1 saturated heterocycles. The first-order valence-electron chi connectivity index (χ1n) is 9.82. The number of nitro groups is 1. The smallest absolute Gasteiger partial charge is 0.287 e. The van der Waals surface area contributed by atoms with Gasteiger partial charge in [-0.1, -0.05) is 0 Å². The van der Waals surface area contributed by atoms with E-state index in [1.54, 1.807) is 6.07 Å². The van der Waals surface area contributed by atoms with Crippen molar-refractivity contribution in [2.45, 2.75) is 12.8 Å². The molecule has 2 N–H and O–H groups in total. The molecule has 1 aliphatic heterocycles. The zero-order valence-electron chi connectivity index (χ0n) is 17.0. The second-order valence-corrected chi connectivity index (χ2v) is 6.86. The Balaban J connectivity index is 1.45. The predicted octanol–water partition coefficient (Wildman–Crippen LogP) is 0.714. The maximum absolute atomic E-state index is 12.5. The molecule has 1 aliphatic rings. The Morgan fingerprint density at radius 2 is 1.66 bits per heavy atom.